The maximum absolute atomic E-state index is 11.9. The minimum atomic E-state index is -0.433. The van der Waals surface area contributed by atoms with Crippen molar-refractivity contribution >= 4 is 27.7 Å². The smallest absolute Gasteiger partial charge is 0.411 e. The predicted molar refractivity (Wildman–Crippen MR) is 86.4 cm³/mol. The first-order valence-electron chi connectivity index (χ1n) is 7.01. The van der Waals surface area contributed by atoms with Crippen LogP contribution in [0.25, 0.3) is 0 Å². The number of nitrogens with one attached hydrogen (secondary N) is 1. The van der Waals surface area contributed by atoms with Crippen LogP contribution in [-0.2, 0) is 24.2 Å². The number of carbonyl (C=O) groups is 1. The van der Waals surface area contributed by atoms with Crippen LogP contribution in [0.4, 0.5) is 10.5 Å². The molecule has 4 heteroatoms. The van der Waals surface area contributed by atoms with Gasteiger partial charge in [0.1, 0.15) is 6.61 Å². The molecule has 0 fully saturated rings. The van der Waals surface area contributed by atoms with Crippen molar-refractivity contribution in [2.24, 2.45) is 0 Å². The number of ether oxygens (including phenoxy) is 1. The van der Waals surface area contributed by atoms with E-state index in [0.29, 0.717) is 0 Å². The van der Waals surface area contributed by atoms with Gasteiger partial charge in [-0.05, 0) is 64.0 Å². The number of benzene rings is 2. The van der Waals surface area contributed by atoms with Crippen LogP contribution in [0.5, 0.6) is 0 Å². The molecule has 1 N–H and O–H groups in total. The summed E-state index contributed by atoms with van der Waals surface area (Å²) < 4.78 is 6.14. The zero-order chi connectivity index (χ0) is 14.7. The third-order valence-corrected chi connectivity index (χ3v) is 4.29. The summed E-state index contributed by atoms with van der Waals surface area (Å²) in [7, 11) is 0. The first-order chi connectivity index (χ1) is 10.2. The van der Waals surface area contributed by atoms with Crippen LogP contribution in [0.3, 0.4) is 0 Å². The lowest BCUT2D eigenvalue weighted by atomic mass is 10.1. The summed E-state index contributed by atoms with van der Waals surface area (Å²) in [5, 5.41) is 2.80. The Morgan fingerprint density at radius 2 is 1.86 bits per heavy atom. The highest BCUT2D eigenvalue weighted by Crippen LogP contribution is 2.31. The van der Waals surface area contributed by atoms with Crippen molar-refractivity contribution in [1.29, 1.82) is 0 Å². The highest BCUT2D eigenvalue weighted by atomic mass is 79.9. The molecule has 1 aliphatic rings. The molecular formula is C17H16BrNO2. The second kappa shape index (κ2) is 6.31. The number of rotatable bonds is 3. The van der Waals surface area contributed by atoms with Crippen LogP contribution in [-0.4, -0.2) is 6.09 Å². The summed E-state index contributed by atoms with van der Waals surface area (Å²) in [5.41, 5.74) is 4.43. The third kappa shape index (κ3) is 3.45. The fourth-order valence-corrected chi connectivity index (χ4v) is 3.05. The number of halogens is 1. The largest absolute Gasteiger partial charge is 0.444 e. The minimum absolute atomic E-state index is 0.273. The molecule has 0 aliphatic heterocycles. The van der Waals surface area contributed by atoms with Crippen molar-refractivity contribution in [3.05, 3.63) is 63.6 Å². The molecule has 0 bridgehead atoms. The van der Waals surface area contributed by atoms with Gasteiger partial charge in [0.25, 0.3) is 0 Å². The third-order valence-electron chi connectivity index (χ3n) is 3.63. The van der Waals surface area contributed by atoms with Gasteiger partial charge in [0.15, 0.2) is 0 Å². The van der Waals surface area contributed by atoms with E-state index in [0.717, 1.165) is 28.6 Å². The van der Waals surface area contributed by atoms with Gasteiger partial charge < -0.3 is 4.74 Å². The van der Waals surface area contributed by atoms with Gasteiger partial charge in [-0.15, -0.1) is 0 Å². The van der Waals surface area contributed by atoms with Crippen molar-refractivity contribution in [2.75, 3.05) is 5.32 Å². The summed E-state index contributed by atoms with van der Waals surface area (Å²) in [5.74, 6) is 0. The average molecular weight is 346 g/mol. The predicted octanol–water partition coefficient (Wildman–Crippen LogP) is 4.69. The molecule has 3 rings (SSSR count). The molecule has 0 saturated carbocycles. The van der Waals surface area contributed by atoms with Gasteiger partial charge in [0.2, 0.25) is 0 Å². The molecule has 2 aromatic rings. The number of carbonyl (C=O) groups excluding carboxylic acids is 1. The van der Waals surface area contributed by atoms with Gasteiger partial charge in [0, 0.05) is 4.47 Å². The monoisotopic (exact) mass is 345 g/mol. The molecule has 0 radical (unpaired) electrons. The van der Waals surface area contributed by atoms with E-state index >= 15 is 0 Å². The van der Waals surface area contributed by atoms with Gasteiger partial charge in [-0.3, -0.25) is 5.32 Å². The van der Waals surface area contributed by atoms with Crippen molar-refractivity contribution in [2.45, 2.75) is 25.9 Å². The van der Waals surface area contributed by atoms with E-state index in [4.69, 9.17) is 4.74 Å². The molecular weight excluding hydrogens is 330 g/mol. The van der Waals surface area contributed by atoms with Gasteiger partial charge in [-0.1, -0.05) is 30.3 Å². The quantitative estimate of drug-likeness (QED) is 0.876. The number of anilines is 1. The Balaban J connectivity index is 1.62. The molecule has 0 saturated heterocycles. The van der Waals surface area contributed by atoms with Crippen molar-refractivity contribution in [3.8, 4) is 0 Å². The standard InChI is InChI=1S/C17H16BrNO2/c18-15-9-13-7-4-8-14(13)10-16(15)19-17(20)21-11-12-5-2-1-3-6-12/h1-3,5-6,9-10H,4,7-8,11H2,(H,19,20). The average Bonchev–Trinajstić information content (AvgIpc) is 2.94. The lowest BCUT2D eigenvalue weighted by molar-refractivity contribution is 0.155. The molecule has 21 heavy (non-hydrogen) atoms. The Bertz CT molecular complexity index is 655. The summed E-state index contributed by atoms with van der Waals surface area (Å²) in [6.45, 7) is 0.273. The highest BCUT2D eigenvalue weighted by molar-refractivity contribution is 9.10. The number of hydrogen-bond donors (Lipinski definition) is 1. The normalized spacial score (nSPS) is 12.8. The maximum atomic E-state index is 11.9. The second-order valence-corrected chi connectivity index (χ2v) is 6.00. The summed E-state index contributed by atoms with van der Waals surface area (Å²) in [4.78, 5) is 11.9. The molecule has 0 aromatic heterocycles. The fraction of sp³-hybridized carbons (Fsp3) is 0.235. The Hall–Kier alpha value is -1.81. The molecule has 0 atom stereocenters. The first-order valence-corrected chi connectivity index (χ1v) is 7.80. The lowest BCUT2D eigenvalue weighted by Gasteiger charge is -2.10. The number of fused-ring (bicyclic) bond motifs is 1. The van der Waals surface area contributed by atoms with Crippen LogP contribution in [0.2, 0.25) is 0 Å². The van der Waals surface area contributed by atoms with Crippen LogP contribution in [0, 0.1) is 0 Å². The van der Waals surface area contributed by atoms with Crippen LogP contribution < -0.4 is 5.32 Å². The van der Waals surface area contributed by atoms with Gasteiger partial charge in [0.05, 0.1) is 5.69 Å². The van der Waals surface area contributed by atoms with E-state index in [9.17, 15) is 4.79 Å². The van der Waals surface area contributed by atoms with E-state index in [1.807, 2.05) is 36.4 Å². The van der Waals surface area contributed by atoms with Crippen molar-refractivity contribution < 1.29 is 9.53 Å². The zero-order valence-electron chi connectivity index (χ0n) is 11.6. The van der Waals surface area contributed by atoms with Crippen molar-refractivity contribution in [1.82, 2.24) is 0 Å². The maximum Gasteiger partial charge on any atom is 0.411 e. The first kappa shape index (κ1) is 14.1. The van der Waals surface area contributed by atoms with Crippen molar-refractivity contribution in [3.63, 3.8) is 0 Å². The molecule has 0 unspecified atom stereocenters. The number of hydrogen-bond acceptors (Lipinski definition) is 2. The van der Waals surface area contributed by atoms with Gasteiger partial charge in [-0.2, -0.15) is 0 Å². The molecule has 108 valence electrons. The zero-order valence-corrected chi connectivity index (χ0v) is 13.2. The molecule has 2 aromatic carbocycles. The Morgan fingerprint density at radius 1 is 1.14 bits per heavy atom. The Labute approximate surface area is 132 Å². The molecule has 3 nitrogen and oxygen atoms in total. The topological polar surface area (TPSA) is 38.3 Å². The second-order valence-electron chi connectivity index (χ2n) is 5.14. The molecule has 0 heterocycles. The molecule has 1 aliphatic carbocycles. The molecule has 1 amide bonds. The summed E-state index contributed by atoms with van der Waals surface area (Å²) >= 11 is 3.50. The van der Waals surface area contributed by atoms with Crippen LogP contribution >= 0.6 is 15.9 Å². The van der Waals surface area contributed by atoms with E-state index in [2.05, 4.69) is 27.3 Å². The van der Waals surface area contributed by atoms with Crippen LogP contribution in [0.1, 0.15) is 23.1 Å². The summed E-state index contributed by atoms with van der Waals surface area (Å²) in [6, 6.07) is 13.8. The van der Waals surface area contributed by atoms with Gasteiger partial charge >= 0.3 is 6.09 Å². The van der Waals surface area contributed by atoms with Crippen LogP contribution in [0.15, 0.2) is 46.9 Å². The van der Waals surface area contributed by atoms with E-state index in [-0.39, 0.29) is 6.61 Å². The molecule has 0 spiro atoms. The minimum Gasteiger partial charge on any atom is -0.444 e. The van der Waals surface area contributed by atoms with Gasteiger partial charge in [-0.25, -0.2) is 4.79 Å². The SMILES string of the molecule is O=C(Nc1cc2c(cc1Br)CCC2)OCc1ccccc1. The lowest BCUT2D eigenvalue weighted by Crippen LogP contribution is -2.14. The number of aryl methyl sites for hydroxylation is 2. The number of amides is 1. The van der Waals surface area contributed by atoms with E-state index in [1.165, 1.54) is 17.5 Å². The Morgan fingerprint density at radius 3 is 2.62 bits per heavy atom. The van der Waals surface area contributed by atoms with E-state index < -0.39 is 6.09 Å². The van der Waals surface area contributed by atoms with E-state index in [1.54, 1.807) is 0 Å². The summed E-state index contributed by atoms with van der Waals surface area (Å²) in [6.07, 6.45) is 2.95. The Kier molecular flexibility index (Phi) is 4.25. The highest BCUT2D eigenvalue weighted by Gasteiger charge is 2.15. The fourth-order valence-electron chi connectivity index (χ4n) is 2.56.